The lowest BCUT2D eigenvalue weighted by atomic mass is 10.1. The van der Waals surface area contributed by atoms with Gasteiger partial charge in [-0.05, 0) is 24.6 Å². The summed E-state index contributed by atoms with van der Waals surface area (Å²) in [6, 6.07) is 7.95. The van der Waals surface area contributed by atoms with E-state index in [0.717, 1.165) is 11.6 Å². The Labute approximate surface area is 120 Å². The molecule has 1 heterocycles. The Balaban J connectivity index is 2.29. The summed E-state index contributed by atoms with van der Waals surface area (Å²) in [5.74, 6) is -2.34. The Morgan fingerprint density at radius 3 is 2.75 bits per heavy atom. The fraction of sp³-hybridized carbons (Fsp3) is 0.143. The SMILES string of the molecule is CC(Nc1nccc(C(=O)O)c1F)c1ccccc1Cl. The van der Waals surface area contributed by atoms with Crippen molar-refractivity contribution < 1.29 is 14.3 Å². The lowest BCUT2D eigenvalue weighted by Gasteiger charge is -2.17. The standard InChI is InChI=1S/C14H12ClFN2O2/c1-8(9-4-2-3-5-11(9)15)18-13-12(16)10(14(19)20)6-7-17-13/h2-8H,1H3,(H,17,18)(H,19,20). The Kier molecular flexibility index (Phi) is 4.20. The minimum absolute atomic E-state index is 0.114. The Hall–Kier alpha value is -2.14. The first-order valence-corrected chi connectivity index (χ1v) is 6.27. The molecule has 0 aliphatic heterocycles. The molecule has 2 N–H and O–H groups in total. The van der Waals surface area contributed by atoms with Gasteiger partial charge in [0, 0.05) is 11.2 Å². The first kappa shape index (κ1) is 14.3. The second-order valence-corrected chi connectivity index (χ2v) is 4.62. The molecule has 104 valence electrons. The van der Waals surface area contributed by atoms with E-state index in [1.165, 1.54) is 6.20 Å². The molecule has 0 fully saturated rings. The number of carbonyl (C=O) groups is 1. The van der Waals surface area contributed by atoms with Gasteiger partial charge in [-0.25, -0.2) is 14.2 Å². The molecule has 2 rings (SSSR count). The van der Waals surface area contributed by atoms with Crippen LogP contribution in [0.25, 0.3) is 0 Å². The monoisotopic (exact) mass is 294 g/mol. The summed E-state index contributed by atoms with van der Waals surface area (Å²) >= 11 is 6.06. The van der Waals surface area contributed by atoms with Crippen molar-refractivity contribution in [3.05, 3.63) is 58.5 Å². The number of aromatic carboxylic acids is 1. The van der Waals surface area contributed by atoms with Crippen LogP contribution in [0.1, 0.15) is 28.9 Å². The van der Waals surface area contributed by atoms with Crippen LogP contribution in [-0.2, 0) is 0 Å². The molecular weight excluding hydrogens is 283 g/mol. The molecule has 1 atom stereocenters. The van der Waals surface area contributed by atoms with Gasteiger partial charge >= 0.3 is 5.97 Å². The average molecular weight is 295 g/mol. The van der Waals surface area contributed by atoms with E-state index >= 15 is 0 Å². The molecule has 0 saturated heterocycles. The van der Waals surface area contributed by atoms with E-state index in [9.17, 15) is 9.18 Å². The number of pyridine rings is 1. The molecule has 0 radical (unpaired) electrons. The fourth-order valence-electron chi connectivity index (χ4n) is 1.82. The third-order valence-corrected chi connectivity index (χ3v) is 3.19. The van der Waals surface area contributed by atoms with Crippen LogP contribution in [0.5, 0.6) is 0 Å². The van der Waals surface area contributed by atoms with E-state index in [0.29, 0.717) is 5.02 Å². The highest BCUT2D eigenvalue weighted by Gasteiger charge is 2.17. The van der Waals surface area contributed by atoms with Crippen LogP contribution in [0.3, 0.4) is 0 Å². The summed E-state index contributed by atoms with van der Waals surface area (Å²) in [7, 11) is 0. The number of anilines is 1. The molecule has 0 spiro atoms. The minimum Gasteiger partial charge on any atom is -0.478 e. The number of nitrogens with zero attached hydrogens (tertiary/aromatic N) is 1. The zero-order chi connectivity index (χ0) is 14.7. The quantitative estimate of drug-likeness (QED) is 0.901. The largest absolute Gasteiger partial charge is 0.478 e. The maximum Gasteiger partial charge on any atom is 0.338 e. The highest BCUT2D eigenvalue weighted by atomic mass is 35.5. The van der Waals surface area contributed by atoms with Gasteiger partial charge in [-0.2, -0.15) is 0 Å². The number of rotatable bonds is 4. The molecule has 0 saturated carbocycles. The van der Waals surface area contributed by atoms with Crippen molar-refractivity contribution in [1.29, 1.82) is 0 Å². The molecular formula is C14H12ClFN2O2. The van der Waals surface area contributed by atoms with E-state index in [-0.39, 0.29) is 11.9 Å². The number of benzene rings is 1. The van der Waals surface area contributed by atoms with Crippen LogP contribution < -0.4 is 5.32 Å². The van der Waals surface area contributed by atoms with Crippen molar-refractivity contribution >= 4 is 23.4 Å². The van der Waals surface area contributed by atoms with Gasteiger partial charge in [-0.15, -0.1) is 0 Å². The van der Waals surface area contributed by atoms with Gasteiger partial charge in [0.05, 0.1) is 6.04 Å². The van der Waals surface area contributed by atoms with Gasteiger partial charge in [0.25, 0.3) is 0 Å². The summed E-state index contributed by atoms with van der Waals surface area (Å²) in [4.78, 5) is 14.7. The minimum atomic E-state index is -1.33. The summed E-state index contributed by atoms with van der Waals surface area (Å²) in [5.41, 5.74) is 0.352. The number of hydrogen-bond donors (Lipinski definition) is 2. The van der Waals surface area contributed by atoms with Crippen molar-refractivity contribution in [3.8, 4) is 0 Å². The van der Waals surface area contributed by atoms with Crippen LogP contribution >= 0.6 is 11.6 Å². The molecule has 0 bridgehead atoms. The highest BCUT2D eigenvalue weighted by Crippen LogP contribution is 2.26. The van der Waals surface area contributed by atoms with E-state index in [1.807, 2.05) is 6.07 Å². The molecule has 2 aromatic rings. The predicted molar refractivity (Wildman–Crippen MR) is 74.6 cm³/mol. The number of nitrogens with one attached hydrogen (secondary N) is 1. The normalized spacial score (nSPS) is 11.9. The van der Waals surface area contributed by atoms with Crippen LogP contribution in [0.2, 0.25) is 5.02 Å². The molecule has 0 amide bonds. The zero-order valence-corrected chi connectivity index (χ0v) is 11.4. The molecule has 1 unspecified atom stereocenters. The highest BCUT2D eigenvalue weighted by molar-refractivity contribution is 6.31. The maximum atomic E-state index is 14.0. The summed E-state index contributed by atoms with van der Waals surface area (Å²) < 4.78 is 14.0. The number of hydrogen-bond acceptors (Lipinski definition) is 3. The van der Waals surface area contributed by atoms with Crippen LogP contribution in [0.4, 0.5) is 10.2 Å². The molecule has 6 heteroatoms. The van der Waals surface area contributed by atoms with Gasteiger partial charge in [-0.1, -0.05) is 29.8 Å². The van der Waals surface area contributed by atoms with Gasteiger partial charge in [0.15, 0.2) is 11.6 Å². The van der Waals surface area contributed by atoms with Crippen molar-refractivity contribution in [2.45, 2.75) is 13.0 Å². The van der Waals surface area contributed by atoms with Gasteiger partial charge in [0.1, 0.15) is 5.56 Å². The van der Waals surface area contributed by atoms with Crippen molar-refractivity contribution in [2.24, 2.45) is 0 Å². The Bertz CT molecular complexity index is 649. The first-order chi connectivity index (χ1) is 9.50. The fourth-order valence-corrected chi connectivity index (χ4v) is 2.12. The topological polar surface area (TPSA) is 62.2 Å². The van der Waals surface area contributed by atoms with Crippen LogP contribution in [-0.4, -0.2) is 16.1 Å². The van der Waals surface area contributed by atoms with Gasteiger partial charge in [-0.3, -0.25) is 0 Å². The molecule has 0 aliphatic rings. The molecule has 1 aromatic carbocycles. The molecule has 0 aliphatic carbocycles. The zero-order valence-electron chi connectivity index (χ0n) is 10.6. The van der Waals surface area contributed by atoms with E-state index in [4.69, 9.17) is 16.7 Å². The Morgan fingerprint density at radius 1 is 1.40 bits per heavy atom. The number of halogens is 2. The number of aromatic nitrogens is 1. The third-order valence-electron chi connectivity index (χ3n) is 2.84. The number of carboxylic acid groups (broad SMARTS) is 1. The summed E-state index contributed by atoms with van der Waals surface area (Å²) in [6.45, 7) is 1.79. The van der Waals surface area contributed by atoms with E-state index in [2.05, 4.69) is 10.3 Å². The van der Waals surface area contributed by atoms with Crippen molar-refractivity contribution in [2.75, 3.05) is 5.32 Å². The number of carboxylic acids is 1. The summed E-state index contributed by atoms with van der Waals surface area (Å²) in [6.07, 6.45) is 1.24. The van der Waals surface area contributed by atoms with Crippen molar-refractivity contribution in [3.63, 3.8) is 0 Å². The average Bonchev–Trinajstić information content (AvgIpc) is 2.41. The smallest absolute Gasteiger partial charge is 0.338 e. The van der Waals surface area contributed by atoms with Gasteiger partial charge < -0.3 is 10.4 Å². The molecule has 20 heavy (non-hydrogen) atoms. The predicted octanol–water partition coefficient (Wildman–Crippen LogP) is 3.75. The summed E-state index contributed by atoms with van der Waals surface area (Å²) in [5, 5.41) is 12.2. The first-order valence-electron chi connectivity index (χ1n) is 5.89. The maximum absolute atomic E-state index is 14.0. The molecule has 4 nitrogen and oxygen atoms in total. The van der Waals surface area contributed by atoms with Crippen LogP contribution in [0.15, 0.2) is 36.5 Å². The lowest BCUT2D eigenvalue weighted by Crippen LogP contribution is -2.12. The van der Waals surface area contributed by atoms with Crippen molar-refractivity contribution in [1.82, 2.24) is 4.98 Å². The van der Waals surface area contributed by atoms with Gasteiger partial charge in [0.2, 0.25) is 0 Å². The molecule has 1 aromatic heterocycles. The third kappa shape index (κ3) is 2.88. The van der Waals surface area contributed by atoms with E-state index < -0.39 is 17.3 Å². The Morgan fingerprint density at radius 2 is 2.10 bits per heavy atom. The second-order valence-electron chi connectivity index (χ2n) is 4.21. The van der Waals surface area contributed by atoms with Crippen LogP contribution in [0, 0.1) is 5.82 Å². The second kappa shape index (κ2) is 5.88. The van der Waals surface area contributed by atoms with E-state index in [1.54, 1.807) is 25.1 Å². The lowest BCUT2D eigenvalue weighted by molar-refractivity contribution is 0.0692.